The number of H-pyrrole nitrogens is 1. The van der Waals surface area contributed by atoms with Gasteiger partial charge in [0, 0.05) is 24.5 Å². The number of para-hydroxylation sites is 1. The second kappa shape index (κ2) is 5.44. The van der Waals surface area contributed by atoms with Gasteiger partial charge in [0.05, 0.1) is 5.69 Å². The molecule has 0 radical (unpaired) electrons. The van der Waals surface area contributed by atoms with Crippen LogP contribution in [0.15, 0.2) is 35.3 Å². The van der Waals surface area contributed by atoms with E-state index in [1.54, 1.807) is 11.8 Å². The number of nitrogens with zero attached hydrogens (tertiary/aromatic N) is 1. The molecule has 2 heterocycles. The Hall–Kier alpha value is -2.36. The molecule has 4 heteroatoms. The minimum atomic E-state index is -0.227. The molecule has 1 aromatic carbocycles. The van der Waals surface area contributed by atoms with Gasteiger partial charge in [-0.2, -0.15) is 0 Å². The van der Waals surface area contributed by atoms with Gasteiger partial charge in [0.25, 0.3) is 5.91 Å². The Kier molecular flexibility index (Phi) is 3.61. The molecule has 0 saturated carbocycles. The van der Waals surface area contributed by atoms with Gasteiger partial charge in [-0.15, -0.1) is 0 Å². The summed E-state index contributed by atoms with van der Waals surface area (Å²) in [6, 6.07) is 7.58. The number of aryl methyl sites for hydroxylation is 2. The number of benzene rings is 1. The molecule has 0 spiro atoms. The Bertz CT molecular complexity index is 792. The van der Waals surface area contributed by atoms with Crippen molar-refractivity contribution in [3.8, 4) is 0 Å². The zero-order chi connectivity index (χ0) is 15.9. The molecule has 1 amide bonds. The minimum absolute atomic E-state index is 0.203. The van der Waals surface area contributed by atoms with E-state index in [0.29, 0.717) is 12.5 Å². The Morgan fingerprint density at radius 2 is 2.09 bits per heavy atom. The zero-order valence-electron chi connectivity index (χ0n) is 13.1. The molecule has 3 rings (SSSR count). The third-order valence-electron chi connectivity index (χ3n) is 4.39. The van der Waals surface area contributed by atoms with Gasteiger partial charge in [0.1, 0.15) is 5.56 Å². The Balaban J connectivity index is 2.08. The fourth-order valence-corrected chi connectivity index (χ4v) is 3.13. The van der Waals surface area contributed by atoms with Crippen molar-refractivity contribution in [2.45, 2.75) is 33.1 Å². The first-order chi connectivity index (χ1) is 10.5. The van der Waals surface area contributed by atoms with Crippen LogP contribution in [0.1, 0.15) is 46.4 Å². The largest absolute Gasteiger partial charge is 0.364 e. The van der Waals surface area contributed by atoms with Gasteiger partial charge in [-0.1, -0.05) is 25.1 Å². The Labute approximate surface area is 129 Å². The van der Waals surface area contributed by atoms with Crippen molar-refractivity contribution in [3.05, 3.63) is 63.1 Å². The van der Waals surface area contributed by atoms with E-state index in [2.05, 4.69) is 18.0 Å². The predicted octanol–water partition coefficient (Wildman–Crippen LogP) is 3.15. The lowest BCUT2D eigenvalue weighted by atomic mass is 9.89. The highest BCUT2D eigenvalue weighted by molar-refractivity contribution is 6.07. The first-order valence-electron chi connectivity index (χ1n) is 7.59. The van der Waals surface area contributed by atoms with E-state index in [1.807, 2.05) is 19.1 Å². The molecule has 2 aromatic rings. The van der Waals surface area contributed by atoms with Crippen molar-refractivity contribution in [3.63, 3.8) is 0 Å². The minimum Gasteiger partial charge on any atom is -0.364 e. The number of aromatic amines is 1. The molecular weight excluding hydrogens is 276 g/mol. The van der Waals surface area contributed by atoms with E-state index < -0.39 is 0 Å². The summed E-state index contributed by atoms with van der Waals surface area (Å²) in [5, 5.41) is 0. The second-order valence-corrected chi connectivity index (χ2v) is 6.05. The molecule has 0 bridgehead atoms. The van der Waals surface area contributed by atoms with E-state index in [0.717, 1.165) is 23.4 Å². The van der Waals surface area contributed by atoms with Crippen LogP contribution in [-0.2, 0) is 0 Å². The second-order valence-electron chi connectivity index (χ2n) is 6.05. The molecule has 0 aliphatic carbocycles. The van der Waals surface area contributed by atoms with E-state index >= 15 is 0 Å². The van der Waals surface area contributed by atoms with E-state index in [-0.39, 0.29) is 16.9 Å². The Morgan fingerprint density at radius 3 is 2.82 bits per heavy atom. The number of pyridine rings is 1. The van der Waals surface area contributed by atoms with Crippen molar-refractivity contribution in [2.24, 2.45) is 0 Å². The molecular formula is C18H20N2O2. The maximum atomic E-state index is 12.9. The summed E-state index contributed by atoms with van der Waals surface area (Å²) in [7, 11) is 0. The molecule has 1 N–H and O–H groups in total. The SMILES string of the molecule is Cc1cc(=O)c(C(=O)N2CCC(C)c3cccc(C)c32)c[nH]1. The number of carbonyl (C=O) groups is 1. The molecule has 0 fully saturated rings. The lowest BCUT2D eigenvalue weighted by Crippen LogP contribution is -2.39. The highest BCUT2D eigenvalue weighted by atomic mass is 16.2. The van der Waals surface area contributed by atoms with Crippen LogP contribution < -0.4 is 10.3 Å². The standard InChI is InChI=1S/C18H20N2O2/c1-11-7-8-20(17-12(2)5-4-6-14(11)17)18(22)15-10-19-13(3)9-16(15)21/h4-6,9-11H,7-8H2,1-3H3,(H,19,21). The van der Waals surface area contributed by atoms with Gasteiger partial charge >= 0.3 is 0 Å². The van der Waals surface area contributed by atoms with Gasteiger partial charge in [0.2, 0.25) is 0 Å². The molecule has 1 aromatic heterocycles. The van der Waals surface area contributed by atoms with E-state index in [9.17, 15) is 9.59 Å². The average molecular weight is 296 g/mol. The van der Waals surface area contributed by atoms with Gasteiger partial charge in [-0.3, -0.25) is 9.59 Å². The summed E-state index contributed by atoms with van der Waals surface area (Å²) in [6.45, 7) is 6.64. The molecule has 1 unspecified atom stereocenters. The van der Waals surface area contributed by atoms with E-state index in [1.165, 1.54) is 17.8 Å². The topological polar surface area (TPSA) is 53.2 Å². The summed E-state index contributed by atoms with van der Waals surface area (Å²) >= 11 is 0. The monoisotopic (exact) mass is 296 g/mol. The van der Waals surface area contributed by atoms with Crippen LogP contribution in [0.2, 0.25) is 0 Å². The molecule has 1 aliphatic rings. The van der Waals surface area contributed by atoms with Gasteiger partial charge in [0.15, 0.2) is 5.43 Å². The first kappa shape index (κ1) is 14.6. The van der Waals surface area contributed by atoms with Gasteiger partial charge < -0.3 is 9.88 Å². The summed E-state index contributed by atoms with van der Waals surface area (Å²) in [5.74, 6) is 0.207. The van der Waals surface area contributed by atoms with Crippen molar-refractivity contribution in [2.75, 3.05) is 11.4 Å². The molecule has 4 nitrogen and oxygen atoms in total. The van der Waals surface area contributed by atoms with Crippen LogP contribution >= 0.6 is 0 Å². The van der Waals surface area contributed by atoms with Crippen LogP contribution in [0.4, 0.5) is 5.69 Å². The maximum Gasteiger partial charge on any atom is 0.263 e. The van der Waals surface area contributed by atoms with Crippen LogP contribution in [0.25, 0.3) is 0 Å². The Morgan fingerprint density at radius 1 is 1.32 bits per heavy atom. The first-order valence-corrected chi connectivity index (χ1v) is 7.59. The van der Waals surface area contributed by atoms with E-state index in [4.69, 9.17) is 0 Å². The van der Waals surface area contributed by atoms with Gasteiger partial charge in [-0.05, 0) is 37.3 Å². The van der Waals surface area contributed by atoms with Crippen LogP contribution in [-0.4, -0.2) is 17.4 Å². The number of amides is 1. The molecule has 0 saturated heterocycles. The molecule has 114 valence electrons. The van der Waals surface area contributed by atoms with Crippen molar-refractivity contribution >= 4 is 11.6 Å². The van der Waals surface area contributed by atoms with Crippen LogP contribution in [0.3, 0.4) is 0 Å². The molecule has 22 heavy (non-hydrogen) atoms. The number of hydrogen-bond donors (Lipinski definition) is 1. The van der Waals surface area contributed by atoms with Crippen LogP contribution in [0, 0.1) is 13.8 Å². The smallest absolute Gasteiger partial charge is 0.263 e. The third-order valence-corrected chi connectivity index (χ3v) is 4.39. The maximum absolute atomic E-state index is 12.9. The quantitative estimate of drug-likeness (QED) is 0.879. The number of nitrogens with one attached hydrogen (secondary N) is 1. The predicted molar refractivity (Wildman–Crippen MR) is 87.7 cm³/mol. The number of anilines is 1. The normalized spacial score (nSPS) is 17.2. The lowest BCUT2D eigenvalue weighted by molar-refractivity contribution is 0.0983. The molecule has 1 aliphatic heterocycles. The highest BCUT2D eigenvalue weighted by Crippen LogP contribution is 2.37. The number of hydrogen-bond acceptors (Lipinski definition) is 2. The summed E-state index contributed by atoms with van der Waals surface area (Å²) in [5.41, 5.74) is 3.95. The fourth-order valence-electron chi connectivity index (χ4n) is 3.13. The van der Waals surface area contributed by atoms with Crippen molar-refractivity contribution in [1.82, 2.24) is 4.98 Å². The number of aromatic nitrogens is 1. The average Bonchev–Trinajstić information content (AvgIpc) is 2.48. The van der Waals surface area contributed by atoms with Gasteiger partial charge in [-0.25, -0.2) is 0 Å². The number of carbonyl (C=O) groups excluding carboxylic acids is 1. The van der Waals surface area contributed by atoms with Crippen molar-refractivity contribution < 1.29 is 4.79 Å². The molecule has 1 atom stereocenters. The highest BCUT2D eigenvalue weighted by Gasteiger charge is 2.29. The summed E-state index contributed by atoms with van der Waals surface area (Å²) < 4.78 is 0. The van der Waals surface area contributed by atoms with Crippen LogP contribution in [0.5, 0.6) is 0 Å². The fraction of sp³-hybridized carbons (Fsp3) is 0.333. The number of fused-ring (bicyclic) bond motifs is 1. The summed E-state index contributed by atoms with van der Waals surface area (Å²) in [4.78, 5) is 29.7. The van der Waals surface area contributed by atoms with Crippen molar-refractivity contribution in [1.29, 1.82) is 0 Å². The number of rotatable bonds is 1. The zero-order valence-corrected chi connectivity index (χ0v) is 13.1. The third kappa shape index (κ3) is 2.34. The summed E-state index contributed by atoms with van der Waals surface area (Å²) in [6.07, 6.45) is 2.43. The lowest BCUT2D eigenvalue weighted by Gasteiger charge is -2.34.